The first-order valence-electron chi connectivity index (χ1n) is 6.51. The van der Waals surface area contributed by atoms with Gasteiger partial charge in [0.2, 0.25) is 0 Å². The minimum absolute atomic E-state index is 0.0233. The quantitative estimate of drug-likeness (QED) is 0.678. The van der Waals surface area contributed by atoms with Crippen LogP contribution in [0.1, 0.15) is 25.8 Å². The fourth-order valence-electron chi connectivity index (χ4n) is 2.68. The van der Waals surface area contributed by atoms with Gasteiger partial charge in [0.25, 0.3) is 5.69 Å². The third-order valence-corrected chi connectivity index (χ3v) is 4.59. The SMILES string of the molecule is COC1CC(Nc2cc(Cl)c([N+](=O)[O-])cc2C)C1(C)C. The Bertz CT molecular complexity index is 545. The van der Waals surface area contributed by atoms with Crippen LogP contribution in [0.4, 0.5) is 11.4 Å². The van der Waals surface area contributed by atoms with E-state index in [1.54, 1.807) is 13.2 Å². The van der Waals surface area contributed by atoms with E-state index in [1.807, 2.05) is 6.92 Å². The number of halogens is 1. The Morgan fingerprint density at radius 1 is 1.50 bits per heavy atom. The molecule has 1 aliphatic carbocycles. The van der Waals surface area contributed by atoms with Gasteiger partial charge in [-0.15, -0.1) is 0 Å². The van der Waals surface area contributed by atoms with Crippen molar-refractivity contribution in [3.05, 3.63) is 32.8 Å². The van der Waals surface area contributed by atoms with E-state index in [9.17, 15) is 10.1 Å². The summed E-state index contributed by atoms with van der Waals surface area (Å²) in [5.74, 6) is 0. The molecule has 1 N–H and O–H groups in total. The lowest BCUT2D eigenvalue weighted by Gasteiger charge is -2.51. The number of nitrogens with zero attached hydrogens (tertiary/aromatic N) is 1. The molecule has 20 heavy (non-hydrogen) atoms. The standard InChI is InChI=1S/C14H19ClN2O3/c1-8-5-11(17(18)19)9(15)6-10(8)16-12-7-13(20-4)14(12,2)3/h5-6,12-13,16H,7H2,1-4H3. The molecule has 2 atom stereocenters. The third kappa shape index (κ3) is 2.47. The van der Waals surface area contributed by atoms with Crippen molar-refractivity contribution < 1.29 is 9.66 Å². The molecule has 1 aliphatic rings. The lowest BCUT2D eigenvalue weighted by molar-refractivity contribution is -0.384. The molecule has 2 unspecified atom stereocenters. The predicted octanol–water partition coefficient (Wildman–Crippen LogP) is 3.78. The molecule has 0 amide bonds. The van der Waals surface area contributed by atoms with Crippen molar-refractivity contribution in [1.82, 2.24) is 0 Å². The van der Waals surface area contributed by atoms with Gasteiger partial charge < -0.3 is 10.1 Å². The molecule has 0 bridgehead atoms. The number of benzene rings is 1. The maximum absolute atomic E-state index is 10.8. The summed E-state index contributed by atoms with van der Waals surface area (Å²) in [5.41, 5.74) is 1.62. The molecular formula is C14H19ClN2O3. The minimum Gasteiger partial charge on any atom is -0.381 e. The zero-order valence-electron chi connectivity index (χ0n) is 12.1. The Labute approximate surface area is 123 Å². The minimum atomic E-state index is -0.465. The second-order valence-corrected chi connectivity index (χ2v) is 6.26. The van der Waals surface area contributed by atoms with E-state index in [0.29, 0.717) is 0 Å². The van der Waals surface area contributed by atoms with Crippen LogP contribution in [0, 0.1) is 22.5 Å². The van der Waals surface area contributed by atoms with Crippen LogP contribution in [-0.4, -0.2) is 24.2 Å². The van der Waals surface area contributed by atoms with Gasteiger partial charge in [-0.25, -0.2) is 0 Å². The summed E-state index contributed by atoms with van der Waals surface area (Å²) in [4.78, 5) is 10.4. The lowest BCUT2D eigenvalue weighted by Crippen LogP contribution is -2.57. The average Bonchev–Trinajstić information content (AvgIpc) is 2.36. The Balaban J connectivity index is 2.20. The summed E-state index contributed by atoms with van der Waals surface area (Å²) >= 11 is 5.96. The van der Waals surface area contributed by atoms with E-state index >= 15 is 0 Å². The smallest absolute Gasteiger partial charge is 0.288 e. The lowest BCUT2D eigenvalue weighted by atomic mass is 9.64. The Kier molecular flexibility index (Phi) is 3.93. The fourth-order valence-corrected chi connectivity index (χ4v) is 2.91. The zero-order chi connectivity index (χ0) is 15.1. The largest absolute Gasteiger partial charge is 0.381 e. The molecule has 6 heteroatoms. The van der Waals surface area contributed by atoms with Crippen LogP contribution in [0.3, 0.4) is 0 Å². The maximum Gasteiger partial charge on any atom is 0.288 e. The molecule has 1 saturated carbocycles. The molecule has 110 valence electrons. The molecule has 2 rings (SSSR count). The van der Waals surface area contributed by atoms with Crippen LogP contribution in [-0.2, 0) is 4.74 Å². The van der Waals surface area contributed by atoms with Crippen molar-refractivity contribution in [2.24, 2.45) is 5.41 Å². The topological polar surface area (TPSA) is 64.4 Å². The molecule has 0 saturated heterocycles. The van der Waals surface area contributed by atoms with E-state index in [2.05, 4.69) is 19.2 Å². The number of methoxy groups -OCH3 is 1. The number of ether oxygens (including phenoxy) is 1. The first-order valence-corrected chi connectivity index (χ1v) is 6.89. The van der Waals surface area contributed by atoms with E-state index in [4.69, 9.17) is 16.3 Å². The second-order valence-electron chi connectivity index (χ2n) is 5.85. The maximum atomic E-state index is 10.8. The normalized spacial score (nSPS) is 24.1. The molecule has 0 radical (unpaired) electrons. The van der Waals surface area contributed by atoms with Crippen LogP contribution in [0.15, 0.2) is 12.1 Å². The highest BCUT2D eigenvalue weighted by Crippen LogP contribution is 2.44. The van der Waals surface area contributed by atoms with Crippen LogP contribution in [0.2, 0.25) is 5.02 Å². The van der Waals surface area contributed by atoms with Gasteiger partial charge in [0.1, 0.15) is 5.02 Å². The van der Waals surface area contributed by atoms with Crippen LogP contribution < -0.4 is 5.32 Å². The van der Waals surface area contributed by atoms with Crippen molar-refractivity contribution in [1.29, 1.82) is 0 Å². The first-order chi connectivity index (χ1) is 9.27. The van der Waals surface area contributed by atoms with Gasteiger partial charge >= 0.3 is 0 Å². The Hall–Kier alpha value is -1.33. The number of aryl methyl sites for hydroxylation is 1. The third-order valence-electron chi connectivity index (χ3n) is 4.28. The molecule has 1 aromatic rings. The van der Waals surface area contributed by atoms with E-state index in [1.165, 1.54) is 6.07 Å². The predicted molar refractivity (Wildman–Crippen MR) is 79.4 cm³/mol. The Morgan fingerprint density at radius 3 is 2.65 bits per heavy atom. The van der Waals surface area contributed by atoms with Gasteiger partial charge in [-0.2, -0.15) is 0 Å². The van der Waals surface area contributed by atoms with Crippen molar-refractivity contribution >= 4 is 23.0 Å². The first kappa shape index (κ1) is 15.1. The second kappa shape index (κ2) is 5.22. The molecule has 5 nitrogen and oxygen atoms in total. The van der Waals surface area contributed by atoms with Crippen LogP contribution in [0.25, 0.3) is 0 Å². The summed E-state index contributed by atoms with van der Waals surface area (Å²) in [7, 11) is 1.72. The monoisotopic (exact) mass is 298 g/mol. The molecule has 1 aromatic carbocycles. The summed E-state index contributed by atoms with van der Waals surface area (Å²) in [6, 6.07) is 3.40. The van der Waals surface area contributed by atoms with Gasteiger partial charge in [-0.1, -0.05) is 25.4 Å². The van der Waals surface area contributed by atoms with Gasteiger partial charge in [0, 0.05) is 30.3 Å². The Morgan fingerprint density at radius 2 is 2.15 bits per heavy atom. The van der Waals surface area contributed by atoms with Crippen molar-refractivity contribution in [3.8, 4) is 0 Å². The highest BCUT2D eigenvalue weighted by atomic mass is 35.5. The number of anilines is 1. The van der Waals surface area contributed by atoms with Gasteiger partial charge in [-0.3, -0.25) is 10.1 Å². The van der Waals surface area contributed by atoms with Crippen molar-refractivity contribution in [3.63, 3.8) is 0 Å². The van der Waals surface area contributed by atoms with Crippen molar-refractivity contribution in [2.75, 3.05) is 12.4 Å². The highest BCUT2D eigenvalue weighted by molar-refractivity contribution is 6.33. The number of nitro benzene ring substituents is 1. The zero-order valence-corrected chi connectivity index (χ0v) is 12.8. The van der Waals surface area contributed by atoms with Crippen molar-refractivity contribution in [2.45, 2.75) is 39.3 Å². The van der Waals surface area contributed by atoms with Crippen LogP contribution >= 0.6 is 11.6 Å². The molecular weight excluding hydrogens is 280 g/mol. The highest BCUT2D eigenvalue weighted by Gasteiger charge is 2.48. The van der Waals surface area contributed by atoms with Gasteiger partial charge in [0.05, 0.1) is 11.0 Å². The van der Waals surface area contributed by atoms with Gasteiger partial charge in [-0.05, 0) is 25.0 Å². The number of hydrogen-bond donors (Lipinski definition) is 1. The molecule has 0 spiro atoms. The number of nitrogens with one attached hydrogen (secondary N) is 1. The fraction of sp³-hybridized carbons (Fsp3) is 0.571. The summed E-state index contributed by atoms with van der Waals surface area (Å²) in [6.45, 7) is 6.13. The number of rotatable bonds is 4. The molecule has 0 aromatic heterocycles. The van der Waals surface area contributed by atoms with E-state index < -0.39 is 4.92 Å². The van der Waals surface area contributed by atoms with E-state index in [0.717, 1.165) is 17.7 Å². The van der Waals surface area contributed by atoms with Gasteiger partial charge in [0.15, 0.2) is 0 Å². The summed E-state index contributed by atoms with van der Waals surface area (Å²) in [5, 5.41) is 14.4. The number of hydrogen-bond acceptors (Lipinski definition) is 4. The molecule has 0 aliphatic heterocycles. The number of nitro groups is 1. The summed E-state index contributed by atoms with van der Waals surface area (Å²) < 4.78 is 5.42. The van der Waals surface area contributed by atoms with E-state index in [-0.39, 0.29) is 28.3 Å². The van der Waals surface area contributed by atoms with Crippen LogP contribution in [0.5, 0.6) is 0 Å². The molecule has 0 heterocycles. The molecule has 1 fully saturated rings. The average molecular weight is 299 g/mol. The summed E-state index contributed by atoms with van der Waals surface area (Å²) in [6.07, 6.45) is 1.14.